The lowest BCUT2D eigenvalue weighted by molar-refractivity contribution is 0.628. The summed E-state index contributed by atoms with van der Waals surface area (Å²) < 4.78 is 14.9. The fraction of sp³-hybridized carbons (Fsp3) is 0. The van der Waals surface area contributed by atoms with Crippen LogP contribution in [-0.2, 0) is 0 Å². The zero-order chi connectivity index (χ0) is 18.2. The lowest BCUT2D eigenvalue weighted by atomic mass is 10.0. The van der Waals surface area contributed by atoms with Crippen molar-refractivity contribution in [3.8, 4) is 33.0 Å². The van der Waals surface area contributed by atoms with Crippen molar-refractivity contribution in [1.82, 2.24) is 14.6 Å². The van der Waals surface area contributed by atoms with Crippen molar-refractivity contribution in [2.45, 2.75) is 0 Å². The molecule has 2 heterocycles. The highest BCUT2D eigenvalue weighted by Crippen LogP contribution is 2.30. The van der Waals surface area contributed by atoms with Crippen LogP contribution in [0.1, 0.15) is 0 Å². The molecule has 130 valence electrons. The molecule has 0 fully saturated rings. The van der Waals surface area contributed by atoms with Gasteiger partial charge in [-0.25, -0.2) is 13.9 Å². The molecule has 0 radical (unpaired) electrons. The van der Waals surface area contributed by atoms with E-state index in [1.54, 1.807) is 16.6 Å². The zero-order valence-corrected chi connectivity index (χ0v) is 15.0. The summed E-state index contributed by atoms with van der Waals surface area (Å²) in [5.74, 6) is -0.251. The van der Waals surface area contributed by atoms with Crippen LogP contribution in [0.3, 0.4) is 0 Å². The summed E-state index contributed by atoms with van der Waals surface area (Å²) in [5, 5.41) is 5.57. The third-order valence-electron chi connectivity index (χ3n) is 4.42. The Morgan fingerprint density at radius 1 is 0.704 bits per heavy atom. The topological polar surface area (TPSA) is 30.2 Å². The molecule has 0 N–H and O–H groups in total. The Morgan fingerprint density at radius 2 is 1.33 bits per heavy atom. The van der Waals surface area contributed by atoms with E-state index in [2.05, 4.69) is 46.5 Å². The molecule has 0 amide bonds. The van der Waals surface area contributed by atoms with Crippen molar-refractivity contribution in [2.24, 2.45) is 0 Å². The van der Waals surface area contributed by atoms with Gasteiger partial charge in [-0.2, -0.15) is 5.10 Å². The van der Waals surface area contributed by atoms with Crippen LogP contribution in [0.5, 0.6) is 0 Å². The number of fused-ring (bicyclic) bond motifs is 1. The lowest BCUT2D eigenvalue weighted by Crippen LogP contribution is -1.83. The van der Waals surface area contributed by atoms with Crippen molar-refractivity contribution in [2.75, 3.05) is 0 Å². The number of rotatable bonds is 3. The summed E-state index contributed by atoms with van der Waals surface area (Å²) in [6, 6.07) is 25.0. The van der Waals surface area contributed by atoms with Gasteiger partial charge in [0.15, 0.2) is 0 Å². The number of aromatic nitrogens is 3. The smallest absolute Gasteiger partial charge is 0.213 e. The van der Waals surface area contributed by atoms with Crippen molar-refractivity contribution in [3.05, 3.63) is 90.9 Å². The van der Waals surface area contributed by atoms with Gasteiger partial charge in [0.05, 0.1) is 11.9 Å². The van der Waals surface area contributed by atoms with Gasteiger partial charge in [0.25, 0.3) is 0 Å². The van der Waals surface area contributed by atoms with E-state index in [-0.39, 0.29) is 5.82 Å². The first-order valence-corrected chi connectivity index (χ1v) is 9.36. The average molecular weight is 371 g/mol. The number of hydrogen-bond acceptors (Lipinski definition) is 3. The number of imidazole rings is 1. The van der Waals surface area contributed by atoms with Gasteiger partial charge < -0.3 is 0 Å². The zero-order valence-electron chi connectivity index (χ0n) is 14.2. The standard InChI is InChI=1S/C22H14FN3S/c23-19-12-10-17(11-13-19)20-14-26-22(24-20)27-21(25-26)18-8-6-16(7-9-18)15-4-2-1-3-5-15/h1-14H. The molecule has 0 bridgehead atoms. The Balaban J connectivity index is 1.45. The second-order valence-corrected chi connectivity index (χ2v) is 7.17. The van der Waals surface area contributed by atoms with Gasteiger partial charge in [0.2, 0.25) is 4.96 Å². The Bertz CT molecular complexity index is 1170. The predicted molar refractivity (Wildman–Crippen MR) is 107 cm³/mol. The molecular formula is C22H14FN3S. The Kier molecular flexibility index (Phi) is 3.80. The van der Waals surface area contributed by atoms with Crippen molar-refractivity contribution < 1.29 is 4.39 Å². The molecule has 0 atom stereocenters. The molecule has 3 aromatic carbocycles. The van der Waals surface area contributed by atoms with E-state index in [0.29, 0.717) is 0 Å². The van der Waals surface area contributed by atoms with Crippen LogP contribution >= 0.6 is 11.3 Å². The van der Waals surface area contributed by atoms with Crippen LogP contribution in [0.4, 0.5) is 4.39 Å². The highest BCUT2D eigenvalue weighted by atomic mass is 32.1. The van der Waals surface area contributed by atoms with Crippen LogP contribution in [0.15, 0.2) is 85.1 Å². The molecule has 27 heavy (non-hydrogen) atoms. The maximum absolute atomic E-state index is 13.1. The second-order valence-electron chi connectivity index (χ2n) is 6.21. The summed E-state index contributed by atoms with van der Waals surface area (Å²) in [5.41, 5.74) is 5.11. The van der Waals surface area contributed by atoms with Crippen LogP contribution < -0.4 is 0 Å². The molecule has 0 aliphatic rings. The van der Waals surface area contributed by atoms with Crippen LogP contribution in [0.2, 0.25) is 0 Å². The van der Waals surface area contributed by atoms with Gasteiger partial charge in [-0.3, -0.25) is 0 Å². The van der Waals surface area contributed by atoms with Crippen molar-refractivity contribution >= 4 is 16.3 Å². The Morgan fingerprint density at radius 3 is 2.04 bits per heavy atom. The lowest BCUT2D eigenvalue weighted by Gasteiger charge is -2.02. The minimum absolute atomic E-state index is 0.251. The fourth-order valence-corrected chi connectivity index (χ4v) is 3.90. The van der Waals surface area contributed by atoms with Crippen LogP contribution in [-0.4, -0.2) is 14.6 Å². The number of nitrogens with zero attached hydrogens (tertiary/aromatic N) is 3. The minimum Gasteiger partial charge on any atom is -0.217 e. The molecule has 0 saturated heterocycles. The first-order valence-electron chi connectivity index (χ1n) is 8.54. The predicted octanol–water partition coefficient (Wildman–Crippen LogP) is 5.93. The van der Waals surface area contributed by atoms with Crippen LogP contribution in [0.25, 0.3) is 37.9 Å². The van der Waals surface area contributed by atoms with Crippen molar-refractivity contribution in [1.29, 1.82) is 0 Å². The normalized spacial score (nSPS) is 11.1. The number of hydrogen-bond donors (Lipinski definition) is 0. The van der Waals surface area contributed by atoms with E-state index < -0.39 is 0 Å². The third kappa shape index (κ3) is 3.02. The van der Waals surface area contributed by atoms with E-state index >= 15 is 0 Å². The Hall–Kier alpha value is -3.31. The van der Waals surface area contributed by atoms with Gasteiger partial charge >= 0.3 is 0 Å². The van der Waals surface area contributed by atoms with E-state index in [4.69, 9.17) is 0 Å². The maximum atomic E-state index is 13.1. The monoisotopic (exact) mass is 371 g/mol. The van der Waals surface area contributed by atoms with Gasteiger partial charge in [0.1, 0.15) is 10.8 Å². The SMILES string of the molecule is Fc1ccc(-c2cn3nc(-c4ccc(-c5ccccc5)cc4)sc3n2)cc1. The molecule has 0 aliphatic carbocycles. The summed E-state index contributed by atoms with van der Waals surface area (Å²) >= 11 is 1.54. The van der Waals surface area contributed by atoms with E-state index in [0.717, 1.165) is 26.8 Å². The van der Waals surface area contributed by atoms with Gasteiger partial charge in [-0.05, 0) is 35.4 Å². The van der Waals surface area contributed by atoms with E-state index in [1.165, 1.54) is 34.6 Å². The molecule has 5 aromatic rings. The average Bonchev–Trinajstić information content (AvgIpc) is 3.29. The fourth-order valence-electron chi connectivity index (χ4n) is 3.01. The second kappa shape index (κ2) is 6.45. The number of halogens is 1. The molecule has 0 saturated carbocycles. The first-order chi connectivity index (χ1) is 13.3. The highest BCUT2D eigenvalue weighted by molar-refractivity contribution is 7.19. The molecule has 5 rings (SSSR count). The molecule has 0 aliphatic heterocycles. The van der Waals surface area contributed by atoms with E-state index in [9.17, 15) is 4.39 Å². The molecule has 0 spiro atoms. The molecule has 2 aromatic heterocycles. The maximum Gasteiger partial charge on any atom is 0.213 e. The van der Waals surface area contributed by atoms with Gasteiger partial charge in [-0.1, -0.05) is 65.9 Å². The molecule has 0 unspecified atom stereocenters. The highest BCUT2D eigenvalue weighted by Gasteiger charge is 2.11. The largest absolute Gasteiger partial charge is 0.217 e. The molecular weight excluding hydrogens is 357 g/mol. The summed E-state index contributed by atoms with van der Waals surface area (Å²) in [6.07, 6.45) is 1.88. The molecule has 5 heteroatoms. The third-order valence-corrected chi connectivity index (χ3v) is 5.39. The molecule has 3 nitrogen and oxygen atoms in total. The van der Waals surface area contributed by atoms with Gasteiger partial charge in [0, 0.05) is 11.1 Å². The van der Waals surface area contributed by atoms with Gasteiger partial charge in [-0.15, -0.1) is 0 Å². The summed E-state index contributed by atoms with van der Waals surface area (Å²) in [7, 11) is 0. The summed E-state index contributed by atoms with van der Waals surface area (Å²) in [4.78, 5) is 5.44. The number of benzene rings is 3. The quantitative estimate of drug-likeness (QED) is 0.393. The van der Waals surface area contributed by atoms with E-state index in [1.807, 2.05) is 24.4 Å². The Labute approximate surface area is 159 Å². The minimum atomic E-state index is -0.251. The van der Waals surface area contributed by atoms with Crippen LogP contribution in [0, 0.1) is 5.82 Å². The first kappa shape index (κ1) is 15.9. The van der Waals surface area contributed by atoms with Crippen molar-refractivity contribution in [3.63, 3.8) is 0 Å². The summed E-state index contributed by atoms with van der Waals surface area (Å²) in [6.45, 7) is 0.